The lowest BCUT2D eigenvalue weighted by atomic mass is 10.1. The number of aryl methyl sites for hydroxylation is 2. The van der Waals surface area contributed by atoms with Gasteiger partial charge in [0.1, 0.15) is 0 Å². The van der Waals surface area contributed by atoms with Crippen LogP contribution in [0.1, 0.15) is 21.6 Å². The third-order valence-electron chi connectivity index (χ3n) is 2.53. The first-order chi connectivity index (χ1) is 7.72. The Labute approximate surface area is 94.2 Å². The molecule has 0 aliphatic carbocycles. The summed E-state index contributed by atoms with van der Waals surface area (Å²) in [4.78, 5) is 19.2. The Bertz CT molecular complexity index is 535. The Balaban J connectivity index is 2.54. The highest BCUT2D eigenvalue weighted by Crippen LogP contribution is 2.19. The molecule has 0 atom stereocenters. The van der Waals surface area contributed by atoms with Crippen molar-refractivity contribution >= 4 is 6.29 Å². The molecule has 0 bridgehead atoms. The van der Waals surface area contributed by atoms with E-state index < -0.39 is 0 Å². The fourth-order valence-corrected chi connectivity index (χ4v) is 1.55. The highest BCUT2D eigenvalue weighted by molar-refractivity contribution is 5.76. The molecule has 3 heteroatoms. The van der Waals surface area contributed by atoms with Crippen LogP contribution in [0.3, 0.4) is 0 Å². The van der Waals surface area contributed by atoms with E-state index in [0.717, 1.165) is 17.4 Å². The molecular formula is C13H12N2O. The van der Waals surface area contributed by atoms with Gasteiger partial charge in [-0.25, -0.2) is 9.97 Å². The summed E-state index contributed by atoms with van der Waals surface area (Å²) in [6, 6.07) is 7.92. The van der Waals surface area contributed by atoms with Crippen LogP contribution >= 0.6 is 0 Å². The summed E-state index contributed by atoms with van der Waals surface area (Å²) in [5, 5.41) is 0. The first-order valence-corrected chi connectivity index (χ1v) is 5.07. The van der Waals surface area contributed by atoms with Gasteiger partial charge >= 0.3 is 0 Å². The van der Waals surface area contributed by atoms with Crippen LogP contribution in [0.2, 0.25) is 0 Å². The van der Waals surface area contributed by atoms with Gasteiger partial charge < -0.3 is 0 Å². The highest BCUT2D eigenvalue weighted by Gasteiger charge is 2.06. The summed E-state index contributed by atoms with van der Waals surface area (Å²) in [6.45, 7) is 3.83. The van der Waals surface area contributed by atoms with Crippen molar-refractivity contribution in [2.24, 2.45) is 0 Å². The number of carbonyl (C=O) groups excluding carboxylic acids is 1. The normalized spacial score (nSPS) is 10.1. The second-order valence-electron chi connectivity index (χ2n) is 3.67. The van der Waals surface area contributed by atoms with Crippen LogP contribution in [0.25, 0.3) is 11.4 Å². The van der Waals surface area contributed by atoms with Crippen LogP contribution in [0.5, 0.6) is 0 Å². The summed E-state index contributed by atoms with van der Waals surface area (Å²) < 4.78 is 0. The minimum absolute atomic E-state index is 0.539. The first-order valence-electron chi connectivity index (χ1n) is 5.07. The van der Waals surface area contributed by atoms with Crippen LogP contribution in [0.4, 0.5) is 0 Å². The number of hydrogen-bond acceptors (Lipinski definition) is 3. The molecule has 80 valence electrons. The molecule has 0 saturated heterocycles. The predicted molar refractivity (Wildman–Crippen MR) is 62.3 cm³/mol. The molecule has 2 aromatic rings. The minimum atomic E-state index is 0.539. The zero-order valence-electron chi connectivity index (χ0n) is 9.27. The van der Waals surface area contributed by atoms with Gasteiger partial charge in [0.15, 0.2) is 12.1 Å². The van der Waals surface area contributed by atoms with Gasteiger partial charge in [0.25, 0.3) is 0 Å². The molecule has 0 aliphatic heterocycles. The van der Waals surface area contributed by atoms with Gasteiger partial charge in [-0.1, -0.05) is 24.3 Å². The van der Waals surface area contributed by atoms with Crippen molar-refractivity contribution in [2.75, 3.05) is 0 Å². The number of nitrogens with zero attached hydrogens (tertiary/aromatic N) is 2. The Morgan fingerprint density at radius 1 is 1.19 bits per heavy atom. The van der Waals surface area contributed by atoms with Crippen molar-refractivity contribution in [1.29, 1.82) is 0 Å². The average Bonchev–Trinajstić information content (AvgIpc) is 2.29. The summed E-state index contributed by atoms with van der Waals surface area (Å²) in [7, 11) is 0. The van der Waals surface area contributed by atoms with E-state index in [1.807, 2.05) is 38.1 Å². The van der Waals surface area contributed by atoms with Crippen LogP contribution in [0.15, 0.2) is 30.5 Å². The largest absolute Gasteiger partial charge is 0.298 e. The van der Waals surface area contributed by atoms with Crippen molar-refractivity contribution in [1.82, 2.24) is 9.97 Å². The molecule has 0 unspecified atom stereocenters. The highest BCUT2D eigenvalue weighted by atomic mass is 16.1. The molecule has 0 fully saturated rings. The minimum Gasteiger partial charge on any atom is -0.298 e. The van der Waals surface area contributed by atoms with Gasteiger partial charge in [0.2, 0.25) is 0 Å². The number of aldehydes is 1. The van der Waals surface area contributed by atoms with Crippen molar-refractivity contribution in [2.45, 2.75) is 13.8 Å². The maximum atomic E-state index is 10.7. The lowest BCUT2D eigenvalue weighted by molar-refractivity contribution is 0.112. The van der Waals surface area contributed by atoms with Crippen molar-refractivity contribution < 1.29 is 4.79 Å². The number of hydrogen-bond donors (Lipinski definition) is 0. The van der Waals surface area contributed by atoms with Gasteiger partial charge in [0.05, 0.1) is 11.3 Å². The SMILES string of the molecule is Cc1ccccc1-c1ncc(C=O)c(C)n1. The summed E-state index contributed by atoms with van der Waals surface area (Å²) >= 11 is 0. The summed E-state index contributed by atoms with van der Waals surface area (Å²) in [6.07, 6.45) is 2.34. The van der Waals surface area contributed by atoms with Gasteiger partial charge in [-0.05, 0) is 19.4 Å². The van der Waals surface area contributed by atoms with E-state index in [1.54, 1.807) is 6.20 Å². The Morgan fingerprint density at radius 3 is 2.56 bits per heavy atom. The lowest BCUT2D eigenvalue weighted by Gasteiger charge is -2.05. The van der Waals surface area contributed by atoms with Crippen molar-refractivity contribution in [3.63, 3.8) is 0 Å². The molecule has 0 saturated carbocycles. The van der Waals surface area contributed by atoms with Crippen molar-refractivity contribution in [3.8, 4) is 11.4 Å². The third kappa shape index (κ3) is 1.84. The Kier molecular flexibility index (Phi) is 2.77. The number of carbonyl (C=O) groups is 1. The van der Waals surface area contributed by atoms with E-state index in [1.165, 1.54) is 0 Å². The summed E-state index contributed by atoms with van der Waals surface area (Å²) in [5.41, 5.74) is 3.38. The van der Waals surface area contributed by atoms with E-state index in [9.17, 15) is 4.79 Å². The number of rotatable bonds is 2. The van der Waals surface area contributed by atoms with E-state index in [2.05, 4.69) is 9.97 Å². The molecule has 3 nitrogen and oxygen atoms in total. The van der Waals surface area contributed by atoms with E-state index in [0.29, 0.717) is 17.1 Å². The van der Waals surface area contributed by atoms with Crippen LogP contribution < -0.4 is 0 Å². The van der Waals surface area contributed by atoms with Gasteiger partial charge in [-0.15, -0.1) is 0 Å². The zero-order valence-corrected chi connectivity index (χ0v) is 9.27. The third-order valence-corrected chi connectivity index (χ3v) is 2.53. The smallest absolute Gasteiger partial charge is 0.159 e. The molecule has 0 radical (unpaired) electrons. The van der Waals surface area contributed by atoms with Gasteiger partial charge in [0, 0.05) is 11.8 Å². The molecular weight excluding hydrogens is 200 g/mol. The molecule has 0 aliphatic rings. The zero-order chi connectivity index (χ0) is 11.5. The molecule has 0 N–H and O–H groups in total. The van der Waals surface area contributed by atoms with Crippen LogP contribution in [-0.2, 0) is 0 Å². The van der Waals surface area contributed by atoms with Crippen molar-refractivity contribution in [3.05, 3.63) is 47.3 Å². The fourth-order valence-electron chi connectivity index (χ4n) is 1.55. The van der Waals surface area contributed by atoms with E-state index >= 15 is 0 Å². The number of aromatic nitrogens is 2. The van der Waals surface area contributed by atoms with Gasteiger partial charge in [-0.3, -0.25) is 4.79 Å². The molecule has 1 heterocycles. The molecule has 0 spiro atoms. The van der Waals surface area contributed by atoms with E-state index in [-0.39, 0.29) is 0 Å². The van der Waals surface area contributed by atoms with E-state index in [4.69, 9.17) is 0 Å². The predicted octanol–water partition coefficient (Wildman–Crippen LogP) is 2.57. The molecule has 16 heavy (non-hydrogen) atoms. The van der Waals surface area contributed by atoms with Gasteiger partial charge in [-0.2, -0.15) is 0 Å². The number of benzene rings is 1. The second-order valence-corrected chi connectivity index (χ2v) is 3.67. The molecule has 0 amide bonds. The molecule has 1 aromatic heterocycles. The maximum Gasteiger partial charge on any atom is 0.159 e. The fraction of sp³-hybridized carbons (Fsp3) is 0.154. The second kappa shape index (κ2) is 4.23. The monoisotopic (exact) mass is 212 g/mol. The Morgan fingerprint density at radius 2 is 1.94 bits per heavy atom. The standard InChI is InChI=1S/C13H12N2O/c1-9-5-3-4-6-12(9)13-14-7-11(8-16)10(2)15-13/h3-8H,1-2H3. The van der Waals surface area contributed by atoms with Crippen LogP contribution in [0, 0.1) is 13.8 Å². The first kappa shape index (κ1) is 10.5. The molecule has 1 aromatic carbocycles. The quantitative estimate of drug-likeness (QED) is 0.718. The lowest BCUT2D eigenvalue weighted by Crippen LogP contribution is -1.97. The van der Waals surface area contributed by atoms with Crippen LogP contribution in [-0.4, -0.2) is 16.3 Å². The Hall–Kier alpha value is -2.03. The average molecular weight is 212 g/mol. The summed E-state index contributed by atoms with van der Waals surface area (Å²) in [5.74, 6) is 0.668. The topological polar surface area (TPSA) is 42.9 Å². The molecule has 2 rings (SSSR count). The maximum absolute atomic E-state index is 10.7.